The van der Waals surface area contributed by atoms with Crippen molar-refractivity contribution in [3.05, 3.63) is 35.0 Å². The molecule has 0 aliphatic carbocycles. The third-order valence-electron chi connectivity index (χ3n) is 4.56. The zero-order chi connectivity index (χ0) is 15.4. The van der Waals surface area contributed by atoms with Crippen LogP contribution in [-0.2, 0) is 9.31 Å². The number of hydrogen-bond donors (Lipinski definition) is 0. The van der Waals surface area contributed by atoms with Crippen LogP contribution in [0.3, 0.4) is 0 Å². The maximum atomic E-state index is 6.38. The normalized spacial score (nSPS) is 20.2. The summed E-state index contributed by atoms with van der Waals surface area (Å²) in [4.78, 5) is 4.35. The Balaban J connectivity index is 2.09. The molecule has 21 heavy (non-hydrogen) atoms. The summed E-state index contributed by atoms with van der Waals surface area (Å²) in [6, 6.07) is 5.93. The molecule has 1 saturated heterocycles. The standard InChI is InChI=1S/C16H19BClNO2/c1-10-6-7-19-14-12(10)8-11(9-13(14)18)17-20-15(2,3)16(4,5)21-17/h6-9H,1-5H3. The van der Waals surface area contributed by atoms with Crippen molar-refractivity contribution in [3.63, 3.8) is 0 Å². The second-order valence-electron chi connectivity index (χ2n) is 6.61. The van der Waals surface area contributed by atoms with E-state index in [9.17, 15) is 0 Å². The summed E-state index contributed by atoms with van der Waals surface area (Å²) in [7, 11) is -0.406. The molecule has 1 aliphatic heterocycles. The molecule has 110 valence electrons. The van der Waals surface area contributed by atoms with Gasteiger partial charge < -0.3 is 9.31 Å². The minimum atomic E-state index is -0.406. The van der Waals surface area contributed by atoms with Gasteiger partial charge in [-0.1, -0.05) is 17.7 Å². The van der Waals surface area contributed by atoms with Crippen LogP contribution in [0.1, 0.15) is 33.3 Å². The summed E-state index contributed by atoms with van der Waals surface area (Å²) in [5, 5.41) is 1.66. The number of hydrogen-bond acceptors (Lipinski definition) is 3. The third-order valence-corrected chi connectivity index (χ3v) is 4.85. The van der Waals surface area contributed by atoms with Crippen LogP contribution in [0.4, 0.5) is 0 Å². The van der Waals surface area contributed by atoms with E-state index in [1.807, 2.05) is 46.8 Å². The Morgan fingerprint density at radius 1 is 1.10 bits per heavy atom. The number of aromatic nitrogens is 1. The molecular formula is C16H19BClNO2. The number of pyridine rings is 1. The van der Waals surface area contributed by atoms with Crippen LogP contribution in [-0.4, -0.2) is 23.3 Å². The SMILES string of the molecule is Cc1ccnc2c(Cl)cc(B3OC(C)(C)C(C)(C)O3)cc12. The molecule has 1 aliphatic rings. The first-order valence-electron chi connectivity index (χ1n) is 7.12. The molecule has 0 spiro atoms. The van der Waals surface area contributed by atoms with Crippen molar-refractivity contribution in [2.24, 2.45) is 0 Å². The number of nitrogens with zero attached hydrogens (tertiary/aromatic N) is 1. The number of fused-ring (bicyclic) bond motifs is 1. The molecule has 1 aromatic carbocycles. The van der Waals surface area contributed by atoms with Crippen LogP contribution in [0.5, 0.6) is 0 Å². The highest BCUT2D eigenvalue weighted by molar-refractivity contribution is 6.63. The summed E-state index contributed by atoms with van der Waals surface area (Å²) in [6.45, 7) is 10.2. The molecule has 1 fully saturated rings. The molecule has 0 amide bonds. The van der Waals surface area contributed by atoms with Gasteiger partial charge in [-0.05, 0) is 57.8 Å². The van der Waals surface area contributed by atoms with E-state index in [1.165, 1.54) is 0 Å². The fraction of sp³-hybridized carbons (Fsp3) is 0.438. The van der Waals surface area contributed by atoms with Gasteiger partial charge in [0.15, 0.2) is 0 Å². The Hall–Kier alpha value is -1.10. The zero-order valence-electron chi connectivity index (χ0n) is 13.0. The number of halogens is 1. The Bertz CT molecular complexity index is 699. The molecule has 2 heterocycles. The largest absolute Gasteiger partial charge is 0.494 e. The fourth-order valence-electron chi connectivity index (χ4n) is 2.48. The molecule has 0 unspecified atom stereocenters. The first kappa shape index (κ1) is 14.8. The van der Waals surface area contributed by atoms with Gasteiger partial charge in [0.05, 0.1) is 21.7 Å². The van der Waals surface area contributed by atoms with E-state index < -0.39 is 7.12 Å². The Morgan fingerprint density at radius 3 is 2.33 bits per heavy atom. The topological polar surface area (TPSA) is 31.4 Å². The molecule has 1 aromatic heterocycles. The molecule has 0 atom stereocenters. The van der Waals surface area contributed by atoms with Gasteiger partial charge >= 0.3 is 7.12 Å². The zero-order valence-corrected chi connectivity index (χ0v) is 13.8. The summed E-state index contributed by atoms with van der Waals surface area (Å²) >= 11 is 6.38. The van der Waals surface area contributed by atoms with Crippen LogP contribution in [0.15, 0.2) is 24.4 Å². The number of rotatable bonds is 1. The van der Waals surface area contributed by atoms with E-state index in [4.69, 9.17) is 20.9 Å². The molecule has 3 nitrogen and oxygen atoms in total. The van der Waals surface area contributed by atoms with Gasteiger partial charge in [0.2, 0.25) is 0 Å². The second-order valence-corrected chi connectivity index (χ2v) is 7.02. The van der Waals surface area contributed by atoms with Crippen LogP contribution in [0.25, 0.3) is 10.9 Å². The molecule has 3 rings (SSSR count). The monoisotopic (exact) mass is 303 g/mol. The van der Waals surface area contributed by atoms with Crippen molar-refractivity contribution in [2.45, 2.75) is 45.8 Å². The van der Waals surface area contributed by atoms with Crippen LogP contribution < -0.4 is 5.46 Å². The highest BCUT2D eigenvalue weighted by Gasteiger charge is 2.51. The Labute approximate surface area is 130 Å². The smallest absolute Gasteiger partial charge is 0.399 e. The highest BCUT2D eigenvalue weighted by atomic mass is 35.5. The van der Waals surface area contributed by atoms with Gasteiger partial charge in [-0.15, -0.1) is 0 Å². The minimum absolute atomic E-state index is 0.358. The lowest BCUT2D eigenvalue weighted by atomic mass is 9.78. The van der Waals surface area contributed by atoms with Crippen molar-refractivity contribution in [1.29, 1.82) is 0 Å². The van der Waals surface area contributed by atoms with E-state index in [1.54, 1.807) is 6.20 Å². The molecule has 0 saturated carbocycles. The maximum absolute atomic E-state index is 6.38. The van der Waals surface area contributed by atoms with E-state index in [0.29, 0.717) is 5.02 Å². The predicted molar refractivity (Wildman–Crippen MR) is 87.2 cm³/mol. The predicted octanol–water partition coefficient (Wildman–Crippen LogP) is 3.50. The summed E-state index contributed by atoms with van der Waals surface area (Å²) < 4.78 is 12.2. The van der Waals surface area contributed by atoms with Crippen molar-refractivity contribution in [3.8, 4) is 0 Å². The molecule has 0 radical (unpaired) electrons. The van der Waals surface area contributed by atoms with Crippen molar-refractivity contribution >= 4 is 35.1 Å². The highest BCUT2D eigenvalue weighted by Crippen LogP contribution is 2.37. The van der Waals surface area contributed by atoms with E-state index in [0.717, 1.165) is 21.9 Å². The molecular weight excluding hydrogens is 284 g/mol. The lowest BCUT2D eigenvalue weighted by molar-refractivity contribution is 0.00578. The van der Waals surface area contributed by atoms with Crippen LogP contribution >= 0.6 is 11.6 Å². The summed E-state index contributed by atoms with van der Waals surface area (Å²) in [6.07, 6.45) is 1.78. The minimum Gasteiger partial charge on any atom is -0.399 e. The molecule has 5 heteroatoms. The summed E-state index contributed by atoms with van der Waals surface area (Å²) in [5.74, 6) is 0. The third kappa shape index (κ3) is 2.35. The van der Waals surface area contributed by atoms with Crippen molar-refractivity contribution in [2.75, 3.05) is 0 Å². The molecule has 0 bridgehead atoms. The lowest BCUT2D eigenvalue weighted by Gasteiger charge is -2.32. The number of aryl methyl sites for hydroxylation is 1. The van der Waals surface area contributed by atoms with Crippen molar-refractivity contribution < 1.29 is 9.31 Å². The average molecular weight is 304 g/mol. The second kappa shape index (κ2) is 4.70. The average Bonchev–Trinajstić information content (AvgIpc) is 2.60. The van der Waals surface area contributed by atoms with Crippen molar-refractivity contribution in [1.82, 2.24) is 4.98 Å². The maximum Gasteiger partial charge on any atom is 0.494 e. The fourth-order valence-corrected chi connectivity index (χ4v) is 2.76. The first-order valence-corrected chi connectivity index (χ1v) is 7.49. The molecule has 2 aromatic rings. The lowest BCUT2D eigenvalue weighted by Crippen LogP contribution is -2.41. The first-order chi connectivity index (χ1) is 9.71. The molecule has 0 N–H and O–H groups in total. The summed E-state index contributed by atoms with van der Waals surface area (Å²) in [5.41, 5.74) is 2.17. The van der Waals surface area contributed by atoms with Gasteiger partial charge in [0, 0.05) is 11.6 Å². The van der Waals surface area contributed by atoms with Gasteiger partial charge in [-0.2, -0.15) is 0 Å². The number of benzene rings is 1. The van der Waals surface area contributed by atoms with E-state index >= 15 is 0 Å². The quantitative estimate of drug-likeness (QED) is 0.756. The van der Waals surface area contributed by atoms with Crippen LogP contribution in [0, 0.1) is 6.92 Å². The van der Waals surface area contributed by atoms with Gasteiger partial charge in [-0.3, -0.25) is 4.98 Å². The van der Waals surface area contributed by atoms with E-state index in [-0.39, 0.29) is 11.2 Å². The van der Waals surface area contributed by atoms with Gasteiger partial charge in [-0.25, -0.2) is 0 Å². The Kier molecular flexibility index (Phi) is 3.32. The van der Waals surface area contributed by atoms with Gasteiger partial charge in [0.25, 0.3) is 0 Å². The Morgan fingerprint density at radius 2 is 1.71 bits per heavy atom. The van der Waals surface area contributed by atoms with Gasteiger partial charge in [0.1, 0.15) is 0 Å². The van der Waals surface area contributed by atoms with Crippen LogP contribution in [0.2, 0.25) is 5.02 Å². The van der Waals surface area contributed by atoms with E-state index in [2.05, 4.69) is 11.1 Å².